The number of morpholine rings is 1. The monoisotopic (exact) mass is 272 g/mol. The van der Waals surface area contributed by atoms with E-state index in [9.17, 15) is 0 Å². The van der Waals surface area contributed by atoms with Crippen molar-refractivity contribution in [1.82, 2.24) is 10.2 Å². The first-order valence-electron chi connectivity index (χ1n) is 7.57. The summed E-state index contributed by atoms with van der Waals surface area (Å²) in [6.07, 6.45) is 2.73. The molecule has 4 nitrogen and oxygen atoms in total. The first kappa shape index (κ1) is 16.9. The summed E-state index contributed by atoms with van der Waals surface area (Å²) in [5, 5.41) is 3.17. The van der Waals surface area contributed by atoms with Crippen LogP contribution in [0.4, 0.5) is 0 Å². The minimum absolute atomic E-state index is 0.333. The molecule has 1 aliphatic heterocycles. The zero-order valence-corrected chi connectivity index (χ0v) is 13.2. The Labute approximate surface area is 118 Å². The minimum Gasteiger partial charge on any atom is -0.380 e. The molecule has 1 fully saturated rings. The maximum absolute atomic E-state index is 5.73. The zero-order valence-electron chi connectivity index (χ0n) is 13.2. The smallest absolute Gasteiger partial charge is 0.0826 e. The molecule has 0 aromatic heterocycles. The quantitative estimate of drug-likeness (QED) is 0.683. The van der Waals surface area contributed by atoms with Gasteiger partial charge in [0.25, 0.3) is 0 Å². The van der Waals surface area contributed by atoms with Crippen molar-refractivity contribution in [2.24, 2.45) is 5.41 Å². The average molecular weight is 272 g/mol. The van der Waals surface area contributed by atoms with Crippen molar-refractivity contribution < 1.29 is 9.47 Å². The summed E-state index contributed by atoms with van der Waals surface area (Å²) in [4.78, 5) is 2.44. The predicted molar refractivity (Wildman–Crippen MR) is 79.6 cm³/mol. The molecule has 0 aromatic rings. The second kappa shape index (κ2) is 8.90. The van der Waals surface area contributed by atoms with E-state index >= 15 is 0 Å². The van der Waals surface area contributed by atoms with Crippen LogP contribution < -0.4 is 5.32 Å². The van der Waals surface area contributed by atoms with Gasteiger partial charge in [-0.25, -0.2) is 0 Å². The van der Waals surface area contributed by atoms with Crippen molar-refractivity contribution >= 4 is 0 Å². The lowest BCUT2D eigenvalue weighted by Crippen LogP contribution is -2.47. The summed E-state index contributed by atoms with van der Waals surface area (Å²) in [7, 11) is 1.97. The van der Waals surface area contributed by atoms with Crippen molar-refractivity contribution in [3.63, 3.8) is 0 Å². The van der Waals surface area contributed by atoms with Crippen LogP contribution in [0.5, 0.6) is 0 Å². The van der Waals surface area contributed by atoms with Crippen LogP contribution in [-0.2, 0) is 9.47 Å². The molecular formula is C15H32N2O2. The summed E-state index contributed by atoms with van der Waals surface area (Å²) < 4.78 is 11.4. The molecule has 0 amide bonds. The third-order valence-electron chi connectivity index (χ3n) is 3.42. The number of likely N-dealkylation sites (N-methyl/N-ethyl adjacent to an activating group) is 1. The molecule has 1 aliphatic rings. The van der Waals surface area contributed by atoms with E-state index in [0.717, 1.165) is 52.4 Å². The van der Waals surface area contributed by atoms with Gasteiger partial charge in [-0.15, -0.1) is 0 Å². The van der Waals surface area contributed by atoms with Gasteiger partial charge < -0.3 is 14.8 Å². The summed E-state index contributed by atoms with van der Waals surface area (Å²) in [6, 6.07) is 0. The summed E-state index contributed by atoms with van der Waals surface area (Å²) in [5.74, 6) is 0. The molecule has 0 saturated carbocycles. The van der Waals surface area contributed by atoms with Crippen molar-refractivity contribution in [3.8, 4) is 0 Å². The molecule has 0 aliphatic carbocycles. The third-order valence-corrected chi connectivity index (χ3v) is 3.42. The van der Waals surface area contributed by atoms with E-state index in [1.165, 1.54) is 6.42 Å². The first-order chi connectivity index (χ1) is 9.01. The van der Waals surface area contributed by atoms with E-state index in [1.807, 2.05) is 7.05 Å². The highest BCUT2D eigenvalue weighted by Gasteiger charge is 2.19. The van der Waals surface area contributed by atoms with Crippen LogP contribution in [0.1, 0.15) is 33.6 Å². The zero-order chi connectivity index (χ0) is 14.1. The molecule has 1 atom stereocenters. The van der Waals surface area contributed by atoms with Crippen LogP contribution in [0.3, 0.4) is 0 Å². The van der Waals surface area contributed by atoms with Gasteiger partial charge in [-0.2, -0.15) is 0 Å². The lowest BCUT2D eigenvalue weighted by molar-refractivity contribution is -0.0344. The van der Waals surface area contributed by atoms with Gasteiger partial charge in [0.2, 0.25) is 0 Å². The highest BCUT2D eigenvalue weighted by Crippen LogP contribution is 2.20. The van der Waals surface area contributed by atoms with E-state index in [1.54, 1.807) is 0 Å². The molecule has 4 heteroatoms. The lowest BCUT2D eigenvalue weighted by Gasteiger charge is -2.32. The second-order valence-electron chi connectivity index (χ2n) is 6.63. The van der Waals surface area contributed by atoms with Crippen molar-refractivity contribution in [3.05, 3.63) is 0 Å². The molecule has 1 heterocycles. The Morgan fingerprint density at radius 3 is 2.79 bits per heavy atom. The summed E-state index contributed by atoms with van der Waals surface area (Å²) in [5.41, 5.74) is 0.425. The Kier molecular flexibility index (Phi) is 7.91. The summed E-state index contributed by atoms with van der Waals surface area (Å²) >= 11 is 0. The third kappa shape index (κ3) is 8.58. The highest BCUT2D eigenvalue weighted by atomic mass is 16.5. The molecule has 0 spiro atoms. The van der Waals surface area contributed by atoms with E-state index in [-0.39, 0.29) is 0 Å². The van der Waals surface area contributed by atoms with Crippen LogP contribution in [0.15, 0.2) is 0 Å². The topological polar surface area (TPSA) is 33.7 Å². The average Bonchev–Trinajstić information content (AvgIpc) is 2.33. The molecule has 1 rings (SSSR count). The van der Waals surface area contributed by atoms with Gasteiger partial charge in [-0.1, -0.05) is 20.8 Å². The van der Waals surface area contributed by atoms with Gasteiger partial charge in [0.05, 0.1) is 19.3 Å². The van der Waals surface area contributed by atoms with E-state index in [2.05, 4.69) is 31.0 Å². The van der Waals surface area contributed by atoms with Crippen LogP contribution in [0, 0.1) is 5.41 Å². The maximum Gasteiger partial charge on any atom is 0.0826 e. The van der Waals surface area contributed by atoms with Gasteiger partial charge in [0.1, 0.15) is 0 Å². The lowest BCUT2D eigenvalue weighted by atomic mass is 9.91. The Morgan fingerprint density at radius 1 is 1.32 bits per heavy atom. The molecule has 0 bridgehead atoms. The van der Waals surface area contributed by atoms with Crippen LogP contribution in [0.25, 0.3) is 0 Å². The molecule has 1 saturated heterocycles. The fourth-order valence-electron chi connectivity index (χ4n) is 2.33. The predicted octanol–water partition coefficient (Wildman–Crippen LogP) is 1.75. The molecule has 1 N–H and O–H groups in total. The SMILES string of the molecule is CNCC1CN(CCOCCCC(C)(C)C)CCO1. The number of rotatable bonds is 8. The van der Waals surface area contributed by atoms with Gasteiger partial charge in [0.15, 0.2) is 0 Å². The Bertz CT molecular complexity index is 227. The number of hydrogen-bond donors (Lipinski definition) is 1. The Balaban J connectivity index is 2.00. The fourth-order valence-corrected chi connectivity index (χ4v) is 2.33. The van der Waals surface area contributed by atoms with E-state index in [4.69, 9.17) is 9.47 Å². The molecular weight excluding hydrogens is 240 g/mol. The molecule has 114 valence electrons. The molecule has 0 aromatic carbocycles. The van der Waals surface area contributed by atoms with Crippen LogP contribution in [-0.4, -0.2) is 64.1 Å². The Morgan fingerprint density at radius 2 is 2.11 bits per heavy atom. The van der Waals surface area contributed by atoms with Crippen molar-refractivity contribution in [2.75, 3.05) is 53.0 Å². The van der Waals surface area contributed by atoms with E-state index < -0.39 is 0 Å². The molecule has 0 radical (unpaired) electrons. The number of ether oxygens (including phenoxy) is 2. The van der Waals surface area contributed by atoms with Gasteiger partial charge in [-0.3, -0.25) is 4.90 Å². The maximum atomic E-state index is 5.73. The summed E-state index contributed by atoms with van der Waals surface area (Å²) in [6.45, 7) is 13.4. The number of nitrogens with zero attached hydrogens (tertiary/aromatic N) is 1. The minimum atomic E-state index is 0.333. The number of hydrogen-bond acceptors (Lipinski definition) is 4. The van der Waals surface area contributed by atoms with Gasteiger partial charge in [-0.05, 0) is 25.3 Å². The van der Waals surface area contributed by atoms with Crippen LogP contribution >= 0.6 is 0 Å². The molecule has 19 heavy (non-hydrogen) atoms. The van der Waals surface area contributed by atoms with Crippen molar-refractivity contribution in [1.29, 1.82) is 0 Å². The molecule has 1 unspecified atom stereocenters. The largest absolute Gasteiger partial charge is 0.380 e. The Hall–Kier alpha value is -0.160. The normalized spacial score (nSPS) is 21.8. The number of nitrogens with one attached hydrogen (secondary N) is 1. The van der Waals surface area contributed by atoms with Crippen molar-refractivity contribution in [2.45, 2.75) is 39.7 Å². The van der Waals surface area contributed by atoms with Gasteiger partial charge in [0, 0.05) is 32.8 Å². The fraction of sp³-hybridized carbons (Fsp3) is 1.00. The standard InChI is InChI=1S/C15H32N2O2/c1-15(2,3)6-5-9-18-10-7-17-8-11-19-14(13-17)12-16-4/h14,16H,5-13H2,1-4H3. The van der Waals surface area contributed by atoms with Crippen LogP contribution in [0.2, 0.25) is 0 Å². The first-order valence-corrected chi connectivity index (χ1v) is 7.57. The second-order valence-corrected chi connectivity index (χ2v) is 6.63. The highest BCUT2D eigenvalue weighted by molar-refractivity contribution is 4.72. The van der Waals surface area contributed by atoms with Gasteiger partial charge >= 0.3 is 0 Å². The van der Waals surface area contributed by atoms with E-state index in [0.29, 0.717) is 11.5 Å².